The van der Waals surface area contributed by atoms with Crippen LogP contribution in [0.4, 0.5) is 26.3 Å². The molecule has 3 nitrogen and oxygen atoms in total. The van der Waals surface area contributed by atoms with Gasteiger partial charge >= 0.3 is 12.4 Å². The van der Waals surface area contributed by atoms with Crippen molar-refractivity contribution in [3.05, 3.63) is 66.2 Å². The van der Waals surface area contributed by atoms with Crippen LogP contribution in [0, 0.1) is 0 Å². The summed E-state index contributed by atoms with van der Waals surface area (Å²) < 4.78 is 75.4. The molecule has 3 rings (SSSR count). The lowest BCUT2D eigenvalue weighted by atomic mass is 10.1. The van der Waals surface area contributed by atoms with Crippen molar-refractivity contribution in [2.75, 3.05) is 0 Å². The average molecular weight is 369 g/mol. The summed E-state index contributed by atoms with van der Waals surface area (Å²) in [6.07, 6.45) is -7.00. The first-order chi connectivity index (χ1) is 12.1. The van der Waals surface area contributed by atoms with Crippen LogP contribution in [0.1, 0.15) is 11.4 Å². The zero-order valence-electron chi connectivity index (χ0n) is 12.8. The molecule has 3 aromatic heterocycles. The van der Waals surface area contributed by atoms with Crippen molar-refractivity contribution in [2.45, 2.75) is 12.4 Å². The molecule has 0 unspecified atom stereocenters. The molecule has 0 bridgehead atoms. The highest BCUT2D eigenvalue weighted by Gasteiger charge is 2.32. The monoisotopic (exact) mass is 369 g/mol. The molecule has 9 heteroatoms. The van der Waals surface area contributed by atoms with Crippen LogP contribution in [0.5, 0.6) is 0 Å². The fourth-order valence-electron chi connectivity index (χ4n) is 2.18. The third kappa shape index (κ3) is 3.81. The van der Waals surface area contributed by atoms with Crippen LogP contribution in [0.25, 0.3) is 22.5 Å². The number of alkyl halides is 6. The smallest absolute Gasteiger partial charge is 0.251 e. The maximum absolute atomic E-state index is 12.6. The van der Waals surface area contributed by atoms with Gasteiger partial charge in [0.2, 0.25) is 0 Å². The summed E-state index contributed by atoms with van der Waals surface area (Å²) >= 11 is 0. The molecule has 0 saturated heterocycles. The summed E-state index contributed by atoms with van der Waals surface area (Å²) in [6, 6.07) is 8.84. The molecular formula is C17H9F6N3. The zero-order chi connectivity index (χ0) is 18.9. The Hall–Kier alpha value is -2.97. The van der Waals surface area contributed by atoms with Gasteiger partial charge in [-0.1, -0.05) is 6.07 Å². The fourth-order valence-corrected chi connectivity index (χ4v) is 2.18. The van der Waals surface area contributed by atoms with E-state index in [1.54, 1.807) is 18.2 Å². The molecule has 0 N–H and O–H groups in total. The number of nitrogens with zero attached hydrogens (tertiary/aromatic N) is 3. The predicted octanol–water partition coefficient (Wildman–Crippen LogP) is 5.24. The Kier molecular flexibility index (Phi) is 4.39. The molecule has 0 spiro atoms. The van der Waals surface area contributed by atoms with Crippen molar-refractivity contribution < 1.29 is 26.3 Å². The molecule has 0 radical (unpaired) electrons. The summed E-state index contributed by atoms with van der Waals surface area (Å²) in [5.41, 5.74) is -0.680. The summed E-state index contributed by atoms with van der Waals surface area (Å²) in [7, 11) is 0. The van der Waals surface area contributed by atoms with Crippen LogP contribution in [-0.4, -0.2) is 15.0 Å². The first-order valence-electron chi connectivity index (χ1n) is 7.19. The Balaban J connectivity index is 1.91. The van der Waals surface area contributed by atoms with Gasteiger partial charge in [0.25, 0.3) is 0 Å². The van der Waals surface area contributed by atoms with Crippen LogP contribution in [0.3, 0.4) is 0 Å². The zero-order valence-corrected chi connectivity index (χ0v) is 12.8. The van der Waals surface area contributed by atoms with E-state index in [0.717, 1.165) is 24.5 Å². The molecule has 0 fully saturated rings. The molecule has 0 aliphatic carbocycles. The highest BCUT2D eigenvalue weighted by Crippen LogP contribution is 2.30. The second-order valence-electron chi connectivity index (χ2n) is 5.27. The van der Waals surface area contributed by atoms with Crippen molar-refractivity contribution in [3.63, 3.8) is 0 Å². The van der Waals surface area contributed by atoms with E-state index in [9.17, 15) is 26.3 Å². The van der Waals surface area contributed by atoms with Crippen molar-refractivity contribution in [1.82, 2.24) is 15.0 Å². The van der Waals surface area contributed by atoms with Gasteiger partial charge in [0, 0.05) is 23.5 Å². The van der Waals surface area contributed by atoms with E-state index in [1.165, 1.54) is 12.1 Å². The molecule has 0 saturated carbocycles. The number of pyridine rings is 3. The Bertz CT molecular complexity index is 827. The van der Waals surface area contributed by atoms with Crippen LogP contribution >= 0.6 is 0 Å². The molecule has 3 aromatic rings. The van der Waals surface area contributed by atoms with Crippen LogP contribution in [-0.2, 0) is 12.4 Å². The minimum Gasteiger partial charge on any atom is -0.251 e. The maximum Gasteiger partial charge on any atom is 0.433 e. The van der Waals surface area contributed by atoms with Crippen LogP contribution < -0.4 is 0 Å². The lowest BCUT2D eigenvalue weighted by Gasteiger charge is -2.08. The molecule has 26 heavy (non-hydrogen) atoms. The molecular weight excluding hydrogens is 360 g/mol. The number of hydrogen-bond donors (Lipinski definition) is 0. The van der Waals surface area contributed by atoms with Gasteiger partial charge in [-0.2, -0.15) is 26.3 Å². The average Bonchev–Trinajstić information content (AvgIpc) is 2.61. The predicted molar refractivity (Wildman–Crippen MR) is 80.7 cm³/mol. The van der Waals surface area contributed by atoms with Gasteiger partial charge in [0.05, 0.1) is 11.4 Å². The molecule has 0 aliphatic rings. The van der Waals surface area contributed by atoms with E-state index in [-0.39, 0.29) is 0 Å². The Labute approximate surface area is 143 Å². The first kappa shape index (κ1) is 17.8. The highest BCUT2D eigenvalue weighted by atomic mass is 19.4. The van der Waals surface area contributed by atoms with E-state index < -0.39 is 23.7 Å². The Morgan fingerprint density at radius 3 is 1.31 bits per heavy atom. The fraction of sp³-hybridized carbons (Fsp3) is 0.118. The highest BCUT2D eigenvalue weighted by molar-refractivity contribution is 5.65. The topological polar surface area (TPSA) is 38.7 Å². The summed E-state index contributed by atoms with van der Waals surface area (Å²) in [6.45, 7) is 0. The van der Waals surface area contributed by atoms with Gasteiger partial charge in [0.1, 0.15) is 11.4 Å². The third-order valence-electron chi connectivity index (χ3n) is 3.45. The minimum atomic E-state index is -4.54. The number of hydrogen-bond acceptors (Lipinski definition) is 3. The lowest BCUT2D eigenvalue weighted by Crippen LogP contribution is -2.07. The molecule has 0 amide bonds. The second kappa shape index (κ2) is 6.40. The van der Waals surface area contributed by atoms with E-state index >= 15 is 0 Å². The normalized spacial score (nSPS) is 12.2. The van der Waals surface area contributed by atoms with Crippen molar-refractivity contribution in [2.24, 2.45) is 0 Å². The minimum absolute atomic E-state index is 0.337. The third-order valence-corrected chi connectivity index (χ3v) is 3.45. The first-order valence-corrected chi connectivity index (χ1v) is 7.19. The molecule has 0 aromatic carbocycles. The molecule has 3 heterocycles. The molecule has 0 aliphatic heterocycles. The van der Waals surface area contributed by atoms with Gasteiger partial charge in [-0.3, -0.25) is 9.97 Å². The Morgan fingerprint density at radius 1 is 0.577 bits per heavy atom. The second-order valence-corrected chi connectivity index (χ2v) is 5.27. The van der Waals surface area contributed by atoms with E-state index in [1.807, 2.05) is 0 Å². The standard InChI is InChI=1S/C17H9F6N3/c18-16(19,20)14-6-4-10(8-24-14)12-2-1-3-13(26-12)11-5-7-15(25-9-11)17(21,22)23/h1-9H. The van der Waals surface area contributed by atoms with Gasteiger partial charge in [-0.15, -0.1) is 0 Å². The number of halogens is 6. The van der Waals surface area contributed by atoms with Crippen molar-refractivity contribution in [1.29, 1.82) is 0 Å². The quantitative estimate of drug-likeness (QED) is 0.580. The van der Waals surface area contributed by atoms with Crippen LogP contribution in [0.15, 0.2) is 54.9 Å². The molecule has 0 atom stereocenters. The Morgan fingerprint density at radius 2 is 1.00 bits per heavy atom. The van der Waals surface area contributed by atoms with Crippen molar-refractivity contribution in [3.8, 4) is 22.5 Å². The lowest BCUT2D eigenvalue weighted by molar-refractivity contribution is -0.141. The van der Waals surface area contributed by atoms with E-state index in [0.29, 0.717) is 22.5 Å². The summed E-state index contributed by atoms with van der Waals surface area (Å²) in [4.78, 5) is 11.0. The maximum atomic E-state index is 12.6. The summed E-state index contributed by atoms with van der Waals surface area (Å²) in [5, 5.41) is 0. The van der Waals surface area contributed by atoms with Gasteiger partial charge in [0.15, 0.2) is 0 Å². The summed E-state index contributed by atoms with van der Waals surface area (Å²) in [5.74, 6) is 0. The van der Waals surface area contributed by atoms with Crippen molar-refractivity contribution >= 4 is 0 Å². The van der Waals surface area contributed by atoms with E-state index in [2.05, 4.69) is 15.0 Å². The largest absolute Gasteiger partial charge is 0.433 e. The van der Waals surface area contributed by atoms with Gasteiger partial charge in [-0.25, -0.2) is 4.98 Å². The van der Waals surface area contributed by atoms with Gasteiger partial charge in [-0.05, 0) is 36.4 Å². The number of aromatic nitrogens is 3. The van der Waals surface area contributed by atoms with E-state index in [4.69, 9.17) is 0 Å². The van der Waals surface area contributed by atoms with Crippen LogP contribution in [0.2, 0.25) is 0 Å². The van der Waals surface area contributed by atoms with Gasteiger partial charge < -0.3 is 0 Å². The number of rotatable bonds is 2. The SMILES string of the molecule is FC(F)(F)c1ccc(-c2cccc(-c3ccc(C(F)(F)F)nc3)n2)cn1. The molecule has 134 valence electrons.